The van der Waals surface area contributed by atoms with Crippen LogP contribution in [0.15, 0.2) is 30.3 Å². The van der Waals surface area contributed by atoms with Gasteiger partial charge in [0.15, 0.2) is 11.9 Å². The van der Waals surface area contributed by atoms with Crippen LogP contribution >= 0.6 is 0 Å². The molecule has 0 saturated heterocycles. The molecule has 1 N–H and O–H groups in total. The molecular formula is C15H15NO3. The van der Waals surface area contributed by atoms with Crippen molar-refractivity contribution in [3.63, 3.8) is 0 Å². The molecule has 1 atom stereocenters. The van der Waals surface area contributed by atoms with E-state index < -0.39 is 12.1 Å². The lowest BCUT2D eigenvalue weighted by Gasteiger charge is -2.20. The van der Waals surface area contributed by atoms with E-state index in [4.69, 9.17) is 4.74 Å². The van der Waals surface area contributed by atoms with E-state index in [1.54, 1.807) is 6.07 Å². The van der Waals surface area contributed by atoms with Crippen molar-refractivity contribution in [3.8, 4) is 0 Å². The van der Waals surface area contributed by atoms with Crippen LogP contribution in [0.2, 0.25) is 0 Å². The van der Waals surface area contributed by atoms with E-state index in [2.05, 4.69) is 4.98 Å². The number of hydrogen-bond acceptors (Lipinski definition) is 3. The van der Waals surface area contributed by atoms with Gasteiger partial charge >= 0.3 is 5.97 Å². The number of esters is 1. The van der Waals surface area contributed by atoms with Gasteiger partial charge in [-0.05, 0) is 31.4 Å². The van der Waals surface area contributed by atoms with Gasteiger partial charge in [0.1, 0.15) is 5.69 Å². The Balaban J connectivity index is 1.77. The first-order valence-electron chi connectivity index (χ1n) is 6.55. The lowest BCUT2D eigenvalue weighted by atomic mass is 9.96. The summed E-state index contributed by atoms with van der Waals surface area (Å²) in [4.78, 5) is 26.7. The minimum Gasteiger partial charge on any atom is -0.450 e. The van der Waals surface area contributed by atoms with E-state index in [1.807, 2.05) is 24.3 Å². The molecule has 0 amide bonds. The van der Waals surface area contributed by atoms with E-state index in [0.29, 0.717) is 18.5 Å². The highest BCUT2D eigenvalue weighted by Crippen LogP contribution is 2.20. The number of Topliss-reactive ketones (excluding diaryl/α,β-unsaturated/α-hetero) is 1. The Morgan fingerprint density at radius 3 is 2.89 bits per heavy atom. The number of ether oxygens (including phenoxy) is 1. The van der Waals surface area contributed by atoms with Crippen molar-refractivity contribution in [1.82, 2.24) is 4.98 Å². The molecule has 1 aromatic carbocycles. The first-order valence-corrected chi connectivity index (χ1v) is 6.55. The first kappa shape index (κ1) is 12.0. The molecule has 4 heteroatoms. The fraction of sp³-hybridized carbons (Fsp3) is 0.333. The third-order valence-corrected chi connectivity index (χ3v) is 3.50. The zero-order valence-electron chi connectivity index (χ0n) is 10.5. The van der Waals surface area contributed by atoms with Crippen LogP contribution in [0.25, 0.3) is 10.9 Å². The second-order valence-corrected chi connectivity index (χ2v) is 4.88. The average molecular weight is 257 g/mol. The second kappa shape index (κ2) is 4.88. The summed E-state index contributed by atoms with van der Waals surface area (Å²) in [6, 6.07) is 9.39. The molecular weight excluding hydrogens is 242 g/mol. The molecule has 1 saturated carbocycles. The number of nitrogens with one attached hydrogen (secondary N) is 1. The van der Waals surface area contributed by atoms with Gasteiger partial charge in [-0.2, -0.15) is 0 Å². The van der Waals surface area contributed by atoms with Crippen LogP contribution in [0.3, 0.4) is 0 Å². The van der Waals surface area contributed by atoms with Gasteiger partial charge in [-0.3, -0.25) is 4.79 Å². The Bertz CT molecular complexity index is 596. The molecule has 1 aliphatic carbocycles. The molecule has 4 nitrogen and oxygen atoms in total. The molecule has 1 aliphatic rings. The highest BCUT2D eigenvalue weighted by atomic mass is 16.5. The van der Waals surface area contributed by atoms with Gasteiger partial charge in [-0.25, -0.2) is 4.79 Å². The normalized spacial score (nSPS) is 19.6. The van der Waals surface area contributed by atoms with Crippen molar-refractivity contribution in [2.24, 2.45) is 0 Å². The summed E-state index contributed by atoms with van der Waals surface area (Å²) >= 11 is 0. The van der Waals surface area contributed by atoms with Gasteiger partial charge in [0, 0.05) is 17.3 Å². The molecule has 1 aromatic heterocycles. The van der Waals surface area contributed by atoms with Gasteiger partial charge in [-0.1, -0.05) is 18.2 Å². The number of fused-ring (bicyclic) bond motifs is 1. The van der Waals surface area contributed by atoms with Gasteiger partial charge in [0.05, 0.1) is 0 Å². The number of para-hydroxylation sites is 1. The van der Waals surface area contributed by atoms with Crippen molar-refractivity contribution >= 4 is 22.7 Å². The highest BCUT2D eigenvalue weighted by molar-refractivity contribution is 5.96. The number of carbonyl (C=O) groups excluding carboxylic acids is 2. The Hall–Kier alpha value is -2.10. The maximum Gasteiger partial charge on any atom is 0.355 e. The molecule has 2 aromatic rings. The Kier molecular flexibility index (Phi) is 3.07. The fourth-order valence-electron chi connectivity index (χ4n) is 2.45. The quantitative estimate of drug-likeness (QED) is 0.841. The van der Waals surface area contributed by atoms with Crippen LogP contribution in [0.5, 0.6) is 0 Å². The molecule has 1 fully saturated rings. The van der Waals surface area contributed by atoms with Crippen LogP contribution in [0.1, 0.15) is 36.2 Å². The maximum atomic E-state index is 12.0. The molecule has 98 valence electrons. The second-order valence-electron chi connectivity index (χ2n) is 4.88. The van der Waals surface area contributed by atoms with Crippen LogP contribution in [-0.2, 0) is 9.53 Å². The molecule has 0 radical (unpaired) electrons. The number of benzene rings is 1. The van der Waals surface area contributed by atoms with Crippen molar-refractivity contribution in [2.45, 2.75) is 31.8 Å². The van der Waals surface area contributed by atoms with Crippen LogP contribution in [-0.4, -0.2) is 22.8 Å². The SMILES string of the molecule is O=C(OC1CCCCC1=O)c1cc2ccccc2[nH]1. The van der Waals surface area contributed by atoms with Crippen LogP contribution in [0, 0.1) is 0 Å². The minimum absolute atomic E-state index is 0.0377. The third kappa shape index (κ3) is 2.38. The Morgan fingerprint density at radius 2 is 2.11 bits per heavy atom. The van der Waals surface area contributed by atoms with E-state index >= 15 is 0 Å². The summed E-state index contributed by atoms with van der Waals surface area (Å²) in [6.45, 7) is 0. The summed E-state index contributed by atoms with van der Waals surface area (Å²) in [7, 11) is 0. The zero-order chi connectivity index (χ0) is 13.2. The molecule has 1 heterocycles. The van der Waals surface area contributed by atoms with E-state index in [1.165, 1.54) is 0 Å². The fourth-order valence-corrected chi connectivity index (χ4v) is 2.45. The summed E-state index contributed by atoms with van der Waals surface area (Å²) < 4.78 is 5.30. The summed E-state index contributed by atoms with van der Waals surface area (Å²) in [5, 5.41) is 0.962. The third-order valence-electron chi connectivity index (χ3n) is 3.50. The molecule has 3 rings (SSSR count). The van der Waals surface area contributed by atoms with Gasteiger partial charge in [0.2, 0.25) is 0 Å². The molecule has 0 bridgehead atoms. The summed E-state index contributed by atoms with van der Waals surface area (Å²) in [5.74, 6) is -0.410. The molecule has 1 unspecified atom stereocenters. The number of carbonyl (C=O) groups is 2. The molecule has 19 heavy (non-hydrogen) atoms. The average Bonchev–Trinajstić information content (AvgIpc) is 2.85. The largest absolute Gasteiger partial charge is 0.450 e. The first-order chi connectivity index (χ1) is 9.24. The van der Waals surface area contributed by atoms with Gasteiger partial charge < -0.3 is 9.72 Å². The van der Waals surface area contributed by atoms with E-state index in [0.717, 1.165) is 23.7 Å². The number of ketones is 1. The Morgan fingerprint density at radius 1 is 1.26 bits per heavy atom. The Labute approximate surface area is 110 Å². The highest BCUT2D eigenvalue weighted by Gasteiger charge is 2.26. The predicted octanol–water partition coefficient (Wildman–Crippen LogP) is 2.84. The number of hydrogen-bond donors (Lipinski definition) is 1. The molecule has 0 spiro atoms. The standard InChI is InChI=1S/C15H15NO3/c17-13-7-3-4-8-14(13)19-15(18)12-9-10-5-1-2-6-11(10)16-12/h1-2,5-6,9,14,16H,3-4,7-8H2. The van der Waals surface area contributed by atoms with E-state index in [9.17, 15) is 9.59 Å². The number of H-pyrrole nitrogens is 1. The van der Waals surface area contributed by atoms with Crippen LogP contribution < -0.4 is 0 Å². The number of aromatic amines is 1. The topological polar surface area (TPSA) is 59.2 Å². The van der Waals surface area contributed by atoms with Crippen LogP contribution in [0.4, 0.5) is 0 Å². The lowest BCUT2D eigenvalue weighted by Crippen LogP contribution is -2.30. The predicted molar refractivity (Wildman–Crippen MR) is 71.0 cm³/mol. The minimum atomic E-state index is -0.562. The van der Waals surface area contributed by atoms with E-state index in [-0.39, 0.29) is 5.78 Å². The summed E-state index contributed by atoms with van der Waals surface area (Å²) in [5.41, 5.74) is 1.30. The van der Waals surface area contributed by atoms with Crippen molar-refractivity contribution in [3.05, 3.63) is 36.0 Å². The summed E-state index contributed by atoms with van der Waals surface area (Å²) in [6.07, 6.45) is 2.44. The molecule has 0 aliphatic heterocycles. The maximum absolute atomic E-state index is 12.0. The lowest BCUT2D eigenvalue weighted by molar-refractivity contribution is -0.129. The van der Waals surface area contributed by atoms with Crippen molar-refractivity contribution in [1.29, 1.82) is 0 Å². The number of aromatic nitrogens is 1. The van der Waals surface area contributed by atoms with Crippen molar-refractivity contribution in [2.75, 3.05) is 0 Å². The zero-order valence-corrected chi connectivity index (χ0v) is 10.5. The smallest absolute Gasteiger partial charge is 0.355 e. The monoisotopic (exact) mass is 257 g/mol. The van der Waals surface area contributed by atoms with Gasteiger partial charge in [-0.15, -0.1) is 0 Å². The number of rotatable bonds is 2. The van der Waals surface area contributed by atoms with Gasteiger partial charge in [0.25, 0.3) is 0 Å². The van der Waals surface area contributed by atoms with Crippen molar-refractivity contribution < 1.29 is 14.3 Å².